The molecule has 1 saturated carbocycles. The van der Waals surface area contributed by atoms with Crippen molar-refractivity contribution >= 4 is 22.8 Å². The molecule has 0 saturated heterocycles. The van der Waals surface area contributed by atoms with Gasteiger partial charge in [0, 0.05) is 12.6 Å². The van der Waals surface area contributed by atoms with Gasteiger partial charge >= 0.3 is 0 Å². The summed E-state index contributed by atoms with van der Waals surface area (Å²) in [4.78, 5) is 34.3. The molecule has 1 aromatic heterocycles. The third kappa shape index (κ3) is 3.89. The van der Waals surface area contributed by atoms with Gasteiger partial charge in [0.25, 0.3) is 5.91 Å². The molecule has 34 heavy (non-hydrogen) atoms. The monoisotopic (exact) mass is 458 g/mol. The molecule has 2 heterocycles. The van der Waals surface area contributed by atoms with Crippen LogP contribution in [0.2, 0.25) is 0 Å². The molecule has 178 valence electrons. The summed E-state index contributed by atoms with van der Waals surface area (Å²) >= 11 is 0. The minimum Gasteiger partial charge on any atom is -0.351 e. The van der Waals surface area contributed by atoms with E-state index in [4.69, 9.17) is 0 Å². The molecule has 2 aromatic carbocycles. The van der Waals surface area contributed by atoms with Gasteiger partial charge in [-0.1, -0.05) is 69.2 Å². The highest BCUT2D eigenvalue weighted by molar-refractivity contribution is 6.01. The number of hydrogen-bond acceptors (Lipinski definition) is 3. The first-order chi connectivity index (χ1) is 16.4. The first kappa shape index (κ1) is 22.6. The zero-order valence-electron chi connectivity index (χ0n) is 20.3. The topological polar surface area (TPSA) is 67.2 Å². The normalized spacial score (nSPS) is 25.7. The molecule has 0 spiro atoms. The molecule has 6 heteroatoms. The molecule has 0 radical (unpaired) electrons. The van der Waals surface area contributed by atoms with Gasteiger partial charge in [-0.3, -0.25) is 9.59 Å². The van der Waals surface area contributed by atoms with Crippen molar-refractivity contribution in [2.45, 2.75) is 70.5 Å². The molecule has 6 nitrogen and oxygen atoms in total. The van der Waals surface area contributed by atoms with Gasteiger partial charge in [0.15, 0.2) is 5.82 Å². The highest BCUT2D eigenvalue weighted by Gasteiger charge is 2.49. The fourth-order valence-corrected chi connectivity index (χ4v) is 5.63. The maximum absolute atomic E-state index is 13.9. The molecule has 1 N–H and O–H groups in total. The third-order valence-corrected chi connectivity index (χ3v) is 7.89. The van der Waals surface area contributed by atoms with Crippen molar-refractivity contribution < 1.29 is 9.59 Å². The number of para-hydroxylation sites is 2. The van der Waals surface area contributed by atoms with Gasteiger partial charge in [-0.05, 0) is 49.3 Å². The zero-order chi connectivity index (χ0) is 23.9. The lowest BCUT2D eigenvalue weighted by atomic mass is 9.84. The second kappa shape index (κ2) is 8.90. The van der Waals surface area contributed by atoms with Gasteiger partial charge in [0.05, 0.1) is 17.6 Å². The molecule has 4 atom stereocenters. The smallest absolute Gasteiger partial charge is 0.290 e. The molecule has 1 aliphatic carbocycles. The number of fused-ring (bicyclic) bond motifs is 3. The van der Waals surface area contributed by atoms with Crippen LogP contribution in [-0.2, 0) is 11.3 Å². The van der Waals surface area contributed by atoms with Crippen molar-refractivity contribution in [1.82, 2.24) is 19.8 Å². The fraction of sp³-hybridized carbons (Fsp3) is 0.464. The predicted octanol–water partition coefficient (Wildman–Crippen LogP) is 4.75. The maximum Gasteiger partial charge on any atom is 0.290 e. The van der Waals surface area contributed by atoms with Crippen LogP contribution in [0.5, 0.6) is 0 Å². The van der Waals surface area contributed by atoms with Crippen LogP contribution in [0.4, 0.5) is 0 Å². The summed E-state index contributed by atoms with van der Waals surface area (Å²) in [6.07, 6.45) is 4.48. The predicted molar refractivity (Wildman–Crippen MR) is 134 cm³/mol. The number of carbonyl (C=O) groups is 2. The Morgan fingerprint density at radius 1 is 1.12 bits per heavy atom. The Morgan fingerprint density at radius 2 is 1.82 bits per heavy atom. The summed E-state index contributed by atoms with van der Waals surface area (Å²) in [6.45, 7) is 7.10. The van der Waals surface area contributed by atoms with Crippen LogP contribution in [-0.4, -0.2) is 44.4 Å². The first-order valence-corrected chi connectivity index (χ1v) is 12.5. The van der Waals surface area contributed by atoms with Crippen LogP contribution in [0.15, 0.2) is 54.6 Å². The molecule has 5 rings (SSSR count). The van der Waals surface area contributed by atoms with E-state index in [1.807, 2.05) is 54.0 Å². The van der Waals surface area contributed by atoms with E-state index in [9.17, 15) is 9.59 Å². The van der Waals surface area contributed by atoms with Crippen LogP contribution in [0, 0.1) is 5.92 Å². The van der Waals surface area contributed by atoms with E-state index in [0.29, 0.717) is 24.8 Å². The Kier molecular flexibility index (Phi) is 5.92. The summed E-state index contributed by atoms with van der Waals surface area (Å²) < 4.78 is 1.94. The molecule has 1 fully saturated rings. The van der Waals surface area contributed by atoms with E-state index >= 15 is 0 Å². The Balaban J connectivity index is 1.52. The number of carbonyl (C=O) groups excluding carboxylic acids is 2. The molecule has 0 unspecified atom stereocenters. The molecule has 2 amide bonds. The van der Waals surface area contributed by atoms with Crippen LogP contribution in [0.25, 0.3) is 11.0 Å². The van der Waals surface area contributed by atoms with Gasteiger partial charge in [-0.15, -0.1) is 0 Å². The van der Waals surface area contributed by atoms with Gasteiger partial charge in [-0.2, -0.15) is 0 Å². The minimum absolute atomic E-state index is 0.0664. The van der Waals surface area contributed by atoms with Crippen LogP contribution >= 0.6 is 0 Å². The summed E-state index contributed by atoms with van der Waals surface area (Å²) in [7, 11) is 0. The van der Waals surface area contributed by atoms with Crippen molar-refractivity contribution in [3.63, 3.8) is 0 Å². The van der Waals surface area contributed by atoms with Gasteiger partial charge in [0.1, 0.15) is 5.54 Å². The average Bonchev–Trinajstić information content (AvgIpc) is 3.22. The second-order valence-corrected chi connectivity index (χ2v) is 10.4. The van der Waals surface area contributed by atoms with E-state index in [1.165, 1.54) is 6.42 Å². The van der Waals surface area contributed by atoms with Crippen LogP contribution in [0.1, 0.15) is 68.6 Å². The van der Waals surface area contributed by atoms with Crippen molar-refractivity contribution in [3.05, 3.63) is 66.0 Å². The van der Waals surface area contributed by atoms with E-state index in [1.54, 1.807) is 4.90 Å². The Hall–Kier alpha value is -3.15. The second-order valence-electron chi connectivity index (χ2n) is 10.4. The van der Waals surface area contributed by atoms with Crippen LogP contribution < -0.4 is 5.32 Å². The molecular formula is C28H34N4O2. The Labute approximate surface area is 201 Å². The summed E-state index contributed by atoms with van der Waals surface area (Å²) in [5.74, 6) is 0.698. The minimum atomic E-state index is -1.01. The number of hydrogen-bond donors (Lipinski definition) is 1. The molecular weight excluding hydrogens is 424 g/mol. The molecule has 1 aliphatic heterocycles. The van der Waals surface area contributed by atoms with E-state index in [2.05, 4.69) is 36.3 Å². The quantitative estimate of drug-likeness (QED) is 0.600. The molecule has 2 aliphatic rings. The summed E-state index contributed by atoms with van der Waals surface area (Å²) in [5.41, 5.74) is 1.82. The lowest BCUT2D eigenvalue weighted by Crippen LogP contribution is -2.66. The standard InChI is InChI=1S/C28H34N4O2/c1-19-11-7-8-14-22(19)30-27(34)28(3)18-31-24-16-10-9-15-23(24)29-25(31)26(33)32(28)17-20(2)21-12-5-4-6-13-21/h4-6,9-10,12-13,15-16,19-20,22H,7-8,11,14,17-18H2,1-3H3,(H,30,34)/t19-,20+,22+,28+/m0/s1. The summed E-state index contributed by atoms with van der Waals surface area (Å²) in [6, 6.07) is 18.1. The molecule has 3 aromatic rings. The van der Waals surface area contributed by atoms with Gasteiger partial charge in [-0.25, -0.2) is 4.98 Å². The van der Waals surface area contributed by atoms with Crippen LogP contribution in [0.3, 0.4) is 0 Å². The lowest BCUT2D eigenvalue weighted by Gasteiger charge is -2.45. The number of nitrogens with zero attached hydrogens (tertiary/aromatic N) is 3. The Morgan fingerprint density at radius 3 is 2.59 bits per heavy atom. The summed E-state index contributed by atoms with van der Waals surface area (Å²) in [5, 5.41) is 3.35. The number of benzene rings is 2. The average molecular weight is 459 g/mol. The number of nitrogens with one attached hydrogen (secondary N) is 1. The maximum atomic E-state index is 13.9. The number of rotatable bonds is 5. The van der Waals surface area contributed by atoms with E-state index in [-0.39, 0.29) is 23.8 Å². The SMILES string of the molecule is C[C@H](CN1C(=O)c2nc3ccccc3n2C[C@]1(C)C(=O)N[C@@H]1CCCC[C@@H]1C)c1ccccc1. The van der Waals surface area contributed by atoms with Gasteiger partial charge in [0.2, 0.25) is 5.91 Å². The van der Waals surface area contributed by atoms with Gasteiger partial charge < -0.3 is 14.8 Å². The molecule has 0 bridgehead atoms. The van der Waals surface area contributed by atoms with Crippen molar-refractivity contribution in [2.75, 3.05) is 6.54 Å². The van der Waals surface area contributed by atoms with Crippen molar-refractivity contribution in [2.24, 2.45) is 5.92 Å². The van der Waals surface area contributed by atoms with E-state index in [0.717, 1.165) is 35.9 Å². The highest BCUT2D eigenvalue weighted by Crippen LogP contribution is 2.33. The number of aromatic nitrogens is 2. The fourth-order valence-electron chi connectivity index (χ4n) is 5.63. The third-order valence-electron chi connectivity index (χ3n) is 7.89. The highest BCUT2D eigenvalue weighted by atomic mass is 16.2. The number of amides is 2. The Bertz CT molecular complexity index is 1200. The largest absolute Gasteiger partial charge is 0.351 e. The van der Waals surface area contributed by atoms with Crippen molar-refractivity contribution in [1.29, 1.82) is 0 Å². The number of imidazole rings is 1. The lowest BCUT2D eigenvalue weighted by molar-refractivity contribution is -0.134. The first-order valence-electron chi connectivity index (χ1n) is 12.5. The zero-order valence-corrected chi connectivity index (χ0v) is 20.3. The van der Waals surface area contributed by atoms with E-state index < -0.39 is 5.54 Å². The van der Waals surface area contributed by atoms with Crippen molar-refractivity contribution in [3.8, 4) is 0 Å².